The number of para-hydroxylation sites is 4. The van der Waals surface area contributed by atoms with E-state index in [-0.39, 0.29) is 20.1 Å². The van der Waals surface area contributed by atoms with Crippen LogP contribution in [0.15, 0.2) is 218 Å². The first-order chi connectivity index (χ1) is 48.0. The van der Waals surface area contributed by atoms with Gasteiger partial charge in [-0.1, -0.05) is 156 Å². The van der Waals surface area contributed by atoms with Gasteiger partial charge in [-0.15, -0.1) is 0 Å². The van der Waals surface area contributed by atoms with Crippen LogP contribution < -0.4 is 78.7 Å². The van der Waals surface area contributed by atoms with E-state index in [1.807, 2.05) is 0 Å². The fraction of sp³-hybridized carbons (Fsp3) is 0.133. The Hall–Kier alpha value is -11.1. The number of aryl methyl sites for hydroxylation is 12. The largest absolute Gasteiger partial charge is 0.458 e. The Kier molecular flexibility index (Phi) is 13.0. The van der Waals surface area contributed by atoms with Crippen LogP contribution in [-0.4, -0.2) is 20.1 Å². The van der Waals surface area contributed by atoms with E-state index < -0.39 is 0 Å². The molecule has 6 nitrogen and oxygen atoms in total. The maximum absolute atomic E-state index is 7.77. The first-order valence-electron chi connectivity index (χ1n) is 35.0. The van der Waals surface area contributed by atoms with Crippen LogP contribution in [0.1, 0.15) is 66.8 Å². The van der Waals surface area contributed by atoms with E-state index in [2.05, 4.69) is 321 Å². The summed E-state index contributed by atoms with van der Waals surface area (Å²) >= 11 is 0. The molecule has 0 fully saturated rings. The summed E-state index contributed by atoms with van der Waals surface area (Å²) in [7, 11) is 0. The molecule has 0 saturated heterocycles. The van der Waals surface area contributed by atoms with Crippen LogP contribution in [0.3, 0.4) is 0 Å². The van der Waals surface area contributed by atoms with Crippen molar-refractivity contribution in [3.05, 3.63) is 285 Å². The van der Waals surface area contributed by atoms with Crippen molar-refractivity contribution in [1.29, 1.82) is 0 Å². The Bertz CT molecular complexity index is 5650. The predicted molar refractivity (Wildman–Crippen MR) is 420 cm³/mol. The minimum absolute atomic E-state index is 0.117. The Labute approximate surface area is 582 Å². The smallest absolute Gasteiger partial charge is 0.260 e. The summed E-state index contributed by atoms with van der Waals surface area (Å²) in [5, 5.41) is 4.17. The van der Waals surface area contributed by atoms with Gasteiger partial charge in [0.25, 0.3) is 20.1 Å². The first-order valence-corrected chi connectivity index (χ1v) is 35.0. The van der Waals surface area contributed by atoms with Crippen LogP contribution in [0, 0.1) is 83.1 Å². The van der Waals surface area contributed by atoms with E-state index in [0.717, 1.165) is 73.4 Å². The molecule has 0 unspecified atom stereocenters. The van der Waals surface area contributed by atoms with Gasteiger partial charge in [0.15, 0.2) is 0 Å². The van der Waals surface area contributed by atoms with E-state index in [1.165, 1.54) is 161 Å². The van der Waals surface area contributed by atoms with E-state index in [4.69, 9.17) is 9.47 Å². The van der Waals surface area contributed by atoms with E-state index in [9.17, 15) is 0 Å². The number of benzene rings is 13. The fourth-order valence-electron chi connectivity index (χ4n) is 19.1. The van der Waals surface area contributed by atoms with E-state index >= 15 is 0 Å². The van der Waals surface area contributed by atoms with Gasteiger partial charge in [0.2, 0.25) is 0 Å². The number of ether oxygens (including phenoxy) is 2. The summed E-state index contributed by atoms with van der Waals surface area (Å²) in [6.07, 6.45) is 0. The first kappa shape index (κ1) is 59.1. The monoisotopic (exact) mass is 1270 g/mol. The summed E-state index contributed by atoms with van der Waals surface area (Å²) in [6, 6.07) is 83.2. The maximum Gasteiger partial charge on any atom is 0.260 e. The molecule has 0 spiro atoms. The Balaban J connectivity index is 0.889. The molecule has 0 radical (unpaired) electrons. The lowest BCUT2D eigenvalue weighted by Crippen LogP contribution is -2.65. The molecule has 0 bridgehead atoms. The second-order valence-electron chi connectivity index (χ2n) is 29.2. The van der Waals surface area contributed by atoms with Gasteiger partial charge in [-0.05, 0) is 277 Å². The van der Waals surface area contributed by atoms with Gasteiger partial charge >= 0.3 is 0 Å². The fourth-order valence-corrected chi connectivity index (χ4v) is 19.1. The van der Waals surface area contributed by atoms with Gasteiger partial charge in [0, 0.05) is 74.5 Å². The molecule has 0 aromatic heterocycles. The van der Waals surface area contributed by atoms with Crippen LogP contribution in [0.4, 0.5) is 62.6 Å². The third-order valence-corrected chi connectivity index (χ3v) is 22.3. The number of anilines is 11. The second-order valence-corrected chi connectivity index (χ2v) is 29.2. The molecule has 6 heterocycles. The molecule has 6 aliphatic heterocycles. The molecule has 19 rings (SSSR count). The van der Waals surface area contributed by atoms with Gasteiger partial charge in [0.05, 0.1) is 5.69 Å². The molecule has 0 amide bonds. The van der Waals surface area contributed by atoms with Gasteiger partial charge in [-0.3, -0.25) is 0 Å². The zero-order chi connectivity index (χ0) is 67.3. The quantitative estimate of drug-likeness (QED) is 0.167. The van der Waals surface area contributed by atoms with Crippen molar-refractivity contribution in [2.45, 2.75) is 83.1 Å². The minimum atomic E-state index is -0.283. The molecule has 1 N–H and O–H groups in total. The number of hydrogen-bond acceptors (Lipinski definition) is 6. The van der Waals surface area contributed by atoms with Crippen LogP contribution in [-0.2, 0) is 0 Å². The standard InChI is InChI=1S/C90H73B3N4O2/c1-49-31-53(5)84(54(6)32-49)61-39-73-87-77(40-61)95(64-23-15-13-16-24-64)74-29-21-19-27-66(74)91(87)68-45-70-80(47-72(68)94-73)98-82-43-63(86-57(9)35-51(3)36-58(86)10)44-83-89(82)93(70)71-46-69-76(48-81(71)99-83)97(90-59(11)37-52(4)38-60(90)12)79-42-62(85-55(7)33-50(2)34-56(85)8)41-78-88(79)92(69)67-28-20-22-30-75(67)96(78)65-25-17-14-18-26-65/h13-48,94H,1-12H3. The zero-order valence-corrected chi connectivity index (χ0v) is 58.2. The SMILES string of the molecule is Cc1cc(C)c(-c2cc3c4c(c2)Oc2cc5c(cc2B4c2cc4c(cc2O3)Nc2cc(-c3c(C)cc(C)cc3C)cc3c2B4c2ccccc2N3c2ccccc2)B2c3ccccc3N(c3ccccc3)c3cc(-c4c(C)cc(C)cc4C)cc(c32)N5c2c(C)cc(C)cc2C)c(C)c1. The third-order valence-electron chi connectivity index (χ3n) is 22.3. The van der Waals surface area contributed by atoms with Gasteiger partial charge in [-0.2, -0.15) is 0 Å². The highest BCUT2D eigenvalue weighted by molar-refractivity contribution is 7.03. The van der Waals surface area contributed by atoms with Crippen molar-refractivity contribution in [2.24, 2.45) is 0 Å². The lowest BCUT2D eigenvalue weighted by atomic mass is 9.29. The van der Waals surface area contributed by atoms with Crippen molar-refractivity contribution in [3.8, 4) is 56.4 Å². The molecule has 0 atom stereocenters. The number of hydrogen-bond donors (Lipinski definition) is 1. The third kappa shape index (κ3) is 8.78. The lowest BCUT2D eigenvalue weighted by Gasteiger charge is -2.46. The molecule has 13 aromatic carbocycles. The highest BCUT2D eigenvalue weighted by Crippen LogP contribution is 2.51. The van der Waals surface area contributed by atoms with Gasteiger partial charge < -0.3 is 29.5 Å². The number of fused-ring (bicyclic) bond motifs is 12. The van der Waals surface area contributed by atoms with Crippen molar-refractivity contribution in [3.63, 3.8) is 0 Å². The number of nitrogens with one attached hydrogen (secondary N) is 1. The molecule has 13 aromatic rings. The van der Waals surface area contributed by atoms with Crippen LogP contribution >= 0.6 is 0 Å². The summed E-state index contributed by atoms with van der Waals surface area (Å²) < 4.78 is 15.4. The highest BCUT2D eigenvalue weighted by atomic mass is 16.5. The molecular formula is C90H73B3N4O2. The van der Waals surface area contributed by atoms with Gasteiger partial charge in [0.1, 0.15) is 23.0 Å². The van der Waals surface area contributed by atoms with Crippen LogP contribution in [0.2, 0.25) is 0 Å². The Morgan fingerprint density at radius 2 is 0.646 bits per heavy atom. The predicted octanol–water partition coefficient (Wildman–Crippen LogP) is 17.6. The summed E-state index contributed by atoms with van der Waals surface area (Å²) in [4.78, 5) is 7.65. The molecule has 0 aliphatic carbocycles. The zero-order valence-electron chi connectivity index (χ0n) is 58.2. The highest BCUT2D eigenvalue weighted by Gasteiger charge is 2.50. The molecule has 9 heteroatoms. The van der Waals surface area contributed by atoms with Crippen molar-refractivity contribution in [2.75, 3.05) is 20.0 Å². The Morgan fingerprint density at radius 3 is 1.14 bits per heavy atom. The summed E-state index contributed by atoms with van der Waals surface area (Å²) in [5.41, 5.74) is 45.4. The summed E-state index contributed by atoms with van der Waals surface area (Å²) in [5.74, 6) is 3.30. The second kappa shape index (κ2) is 21.7. The average Bonchev–Trinajstić information content (AvgIpc) is 0.692. The molecule has 99 heavy (non-hydrogen) atoms. The number of rotatable bonds is 6. The number of nitrogens with zero attached hydrogens (tertiary/aromatic N) is 3. The molecule has 6 aliphatic rings. The summed E-state index contributed by atoms with van der Waals surface area (Å²) in [6.45, 7) is 26.4. The van der Waals surface area contributed by atoms with E-state index in [1.54, 1.807) is 0 Å². The van der Waals surface area contributed by atoms with Gasteiger partial charge in [-0.25, -0.2) is 0 Å². The topological polar surface area (TPSA) is 40.2 Å². The normalized spacial score (nSPS) is 13.6. The Morgan fingerprint density at radius 1 is 0.263 bits per heavy atom. The van der Waals surface area contributed by atoms with Crippen molar-refractivity contribution in [1.82, 2.24) is 0 Å². The molecule has 0 saturated carbocycles. The maximum atomic E-state index is 7.77. The molecule has 474 valence electrons. The van der Waals surface area contributed by atoms with Crippen LogP contribution in [0.25, 0.3) is 33.4 Å². The van der Waals surface area contributed by atoms with Crippen molar-refractivity contribution < 1.29 is 9.47 Å². The molecular weight excluding hydrogens is 1200 g/mol. The minimum Gasteiger partial charge on any atom is -0.458 e. The van der Waals surface area contributed by atoms with E-state index in [0.29, 0.717) is 0 Å². The van der Waals surface area contributed by atoms with Crippen molar-refractivity contribution >= 4 is 132 Å². The average molecular weight is 1280 g/mol. The van der Waals surface area contributed by atoms with Crippen LogP contribution in [0.5, 0.6) is 23.0 Å². The lowest BCUT2D eigenvalue weighted by molar-refractivity contribution is 0.465.